The number of nitrogens with one attached hydrogen (secondary N) is 1. The van der Waals surface area contributed by atoms with Gasteiger partial charge < -0.3 is 19.5 Å². The molecule has 0 bridgehead atoms. The largest absolute Gasteiger partial charge is 0.493 e. The molecule has 1 fully saturated rings. The number of rotatable bonds is 8. The normalized spacial score (nSPS) is 15.9. The van der Waals surface area contributed by atoms with Gasteiger partial charge in [-0.25, -0.2) is 0 Å². The number of methoxy groups -OCH3 is 1. The molecular formula is C21H20ClNO4S2. The Balaban J connectivity index is 1.65. The molecule has 5 nitrogen and oxygen atoms in total. The molecule has 0 radical (unpaired) electrons. The highest BCUT2D eigenvalue weighted by molar-refractivity contribution is 8.26. The second-order valence-electron chi connectivity index (χ2n) is 6.43. The number of amides is 1. The van der Waals surface area contributed by atoms with Gasteiger partial charge in [0.2, 0.25) is 0 Å². The van der Waals surface area contributed by atoms with Crippen molar-refractivity contribution < 1.29 is 19.0 Å². The van der Waals surface area contributed by atoms with Gasteiger partial charge in [0.25, 0.3) is 5.91 Å². The zero-order chi connectivity index (χ0) is 20.8. The van der Waals surface area contributed by atoms with E-state index in [-0.39, 0.29) is 11.8 Å². The van der Waals surface area contributed by atoms with Crippen LogP contribution < -0.4 is 19.5 Å². The van der Waals surface area contributed by atoms with Crippen molar-refractivity contribution in [3.63, 3.8) is 0 Å². The lowest BCUT2D eigenvalue weighted by atomic mass is 10.1. The van der Waals surface area contributed by atoms with Crippen molar-refractivity contribution in [1.82, 2.24) is 5.32 Å². The smallest absolute Gasteiger partial charge is 0.263 e. The van der Waals surface area contributed by atoms with Crippen LogP contribution >= 0.6 is 35.6 Å². The highest BCUT2D eigenvalue weighted by Gasteiger charge is 2.22. The molecule has 3 rings (SSSR count). The minimum atomic E-state index is -0.220. The Hall–Kier alpha value is -2.22. The van der Waals surface area contributed by atoms with Crippen LogP contribution in [-0.2, 0) is 4.79 Å². The van der Waals surface area contributed by atoms with Crippen molar-refractivity contribution in [3.05, 3.63) is 58.0 Å². The van der Waals surface area contributed by atoms with Gasteiger partial charge in [0.05, 0.1) is 30.3 Å². The summed E-state index contributed by atoms with van der Waals surface area (Å²) in [5.74, 6) is 1.69. The first-order valence-corrected chi connectivity index (χ1v) is 10.5. The first-order valence-electron chi connectivity index (χ1n) is 8.89. The number of ether oxygens (including phenoxy) is 3. The van der Waals surface area contributed by atoms with Crippen LogP contribution in [0.5, 0.6) is 17.2 Å². The summed E-state index contributed by atoms with van der Waals surface area (Å²) in [7, 11) is 1.55. The summed E-state index contributed by atoms with van der Waals surface area (Å²) < 4.78 is 17.5. The van der Waals surface area contributed by atoms with Gasteiger partial charge in [-0.3, -0.25) is 4.79 Å². The van der Waals surface area contributed by atoms with Gasteiger partial charge in [-0.15, -0.1) is 0 Å². The molecule has 0 saturated carbocycles. The van der Waals surface area contributed by atoms with Gasteiger partial charge in [0.15, 0.2) is 11.5 Å². The number of thiocarbonyl (C=S) groups is 1. The monoisotopic (exact) mass is 449 g/mol. The molecule has 1 saturated heterocycles. The standard InChI is InChI=1S/C21H20ClNO4S2/c1-13(11-26-15-6-4-3-5-7-15)12-27-19-16(22)8-14(9-17(19)25-2)10-18-20(24)23-21(28)29-18/h3-10,13H,11-12H2,1-2H3,(H,23,24,28)/b18-10-. The van der Waals surface area contributed by atoms with Crippen molar-refractivity contribution in [2.24, 2.45) is 5.92 Å². The van der Waals surface area contributed by atoms with Crippen molar-refractivity contribution >= 4 is 51.9 Å². The van der Waals surface area contributed by atoms with Crippen LogP contribution in [0.4, 0.5) is 0 Å². The third-order valence-electron chi connectivity index (χ3n) is 3.98. The maximum atomic E-state index is 11.8. The fourth-order valence-electron chi connectivity index (χ4n) is 2.56. The van der Waals surface area contributed by atoms with Crippen molar-refractivity contribution in [2.75, 3.05) is 20.3 Å². The molecule has 1 heterocycles. The second-order valence-corrected chi connectivity index (χ2v) is 8.55. The molecule has 1 N–H and O–H groups in total. The quantitative estimate of drug-likeness (QED) is 0.455. The Morgan fingerprint density at radius 2 is 1.93 bits per heavy atom. The number of benzene rings is 2. The number of thioether (sulfide) groups is 1. The number of carbonyl (C=O) groups excluding carboxylic acids is 1. The van der Waals surface area contributed by atoms with Crippen LogP contribution in [0.1, 0.15) is 12.5 Å². The Kier molecular flexibility index (Phi) is 7.41. The summed E-state index contributed by atoms with van der Waals surface area (Å²) in [6, 6.07) is 13.1. The number of halogens is 1. The lowest BCUT2D eigenvalue weighted by Gasteiger charge is -2.17. The summed E-state index contributed by atoms with van der Waals surface area (Å²) in [6.45, 7) is 2.96. The SMILES string of the molecule is COc1cc(/C=C2\SC(=S)NC2=O)cc(Cl)c1OCC(C)COc1ccccc1. The summed E-state index contributed by atoms with van der Waals surface area (Å²) in [5.41, 5.74) is 0.724. The zero-order valence-electron chi connectivity index (χ0n) is 15.9. The van der Waals surface area contributed by atoms with Gasteiger partial charge >= 0.3 is 0 Å². The summed E-state index contributed by atoms with van der Waals surface area (Å²) in [6.07, 6.45) is 1.72. The van der Waals surface area contributed by atoms with Gasteiger partial charge in [-0.2, -0.15) is 0 Å². The van der Waals surface area contributed by atoms with Crippen LogP contribution in [-0.4, -0.2) is 30.6 Å². The minimum Gasteiger partial charge on any atom is -0.493 e. The number of para-hydroxylation sites is 1. The third-order valence-corrected chi connectivity index (χ3v) is 5.42. The number of hydrogen-bond acceptors (Lipinski definition) is 6. The molecule has 2 aromatic carbocycles. The molecule has 152 valence electrons. The summed E-state index contributed by atoms with van der Waals surface area (Å²) in [4.78, 5) is 12.4. The Bertz CT molecular complexity index is 934. The first-order chi connectivity index (χ1) is 14.0. The predicted octanol–water partition coefficient (Wildman–Crippen LogP) is 4.93. The maximum absolute atomic E-state index is 11.8. The number of hydrogen-bond donors (Lipinski definition) is 1. The molecule has 1 unspecified atom stereocenters. The van der Waals surface area contributed by atoms with Crippen molar-refractivity contribution in [3.8, 4) is 17.2 Å². The molecule has 1 amide bonds. The van der Waals surface area contributed by atoms with E-state index < -0.39 is 0 Å². The fraction of sp³-hybridized carbons (Fsp3) is 0.238. The summed E-state index contributed by atoms with van der Waals surface area (Å²) in [5, 5.41) is 2.99. The molecule has 8 heteroatoms. The summed E-state index contributed by atoms with van der Waals surface area (Å²) >= 11 is 12.6. The van der Waals surface area contributed by atoms with E-state index in [2.05, 4.69) is 5.32 Å². The lowest BCUT2D eigenvalue weighted by molar-refractivity contribution is -0.115. The highest BCUT2D eigenvalue weighted by atomic mass is 35.5. The average molecular weight is 450 g/mol. The predicted molar refractivity (Wildman–Crippen MR) is 121 cm³/mol. The van der Waals surface area contributed by atoms with Crippen LogP contribution in [0.3, 0.4) is 0 Å². The molecule has 0 spiro atoms. The van der Waals surface area contributed by atoms with Crippen LogP contribution in [0.2, 0.25) is 5.02 Å². The van der Waals surface area contributed by atoms with E-state index in [0.29, 0.717) is 39.0 Å². The van der Waals surface area contributed by atoms with Crippen LogP contribution in [0.15, 0.2) is 47.4 Å². The number of carbonyl (C=O) groups is 1. The minimum absolute atomic E-state index is 0.136. The topological polar surface area (TPSA) is 56.8 Å². The van der Waals surface area contributed by atoms with E-state index in [1.54, 1.807) is 25.3 Å². The molecule has 0 aliphatic carbocycles. The van der Waals surface area contributed by atoms with Gasteiger partial charge in [0, 0.05) is 5.92 Å². The van der Waals surface area contributed by atoms with E-state index in [1.165, 1.54) is 11.8 Å². The Morgan fingerprint density at radius 1 is 1.21 bits per heavy atom. The molecule has 29 heavy (non-hydrogen) atoms. The average Bonchev–Trinajstić information content (AvgIpc) is 3.02. The van der Waals surface area contributed by atoms with Crippen molar-refractivity contribution in [2.45, 2.75) is 6.92 Å². The second kappa shape index (κ2) is 10.0. The molecule has 0 aromatic heterocycles. The van der Waals surface area contributed by atoms with E-state index >= 15 is 0 Å². The Labute approximate surface area is 184 Å². The Morgan fingerprint density at radius 3 is 2.59 bits per heavy atom. The van der Waals surface area contributed by atoms with E-state index in [1.807, 2.05) is 37.3 Å². The molecule has 1 aliphatic rings. The van der Waals surface area contributed by atoms with Crippen molar-refractivity contribution in [1.29, 1.82) is 0 Å². The first kappa shape index (κ1) is 21.5. The van der Waals surface area contributed by atoms with E-state index in [4.69, 9.17) is 38.0 Å². The highest BCUT2D eigenvalue weighted by Crippen LogP contribution is 2.38. The van der Waals surface area contributed by atoms with Gasteiger partial charge in [-0.1, -0.05) is 60.7 Å². The van der Waals surface area contributed by atoms with Crippen LogP contribution in [0, 0.1) is 5.92 Å². The molecule has 1 aliphatic heterocycles. The maximum Gasteiger partial charge on any atom is 0.263 e. The zero-order valence-corrected chi connectivity index (χ0v) is 18.3. The molecular weight excluding hydrogens is 430 g/mol. The van der Waals surface area contributed by atoms with Gasteiger partial charge in [-0.05, 0) is 35.9 Å². The van der Waals surface area contributed by atoms with Crippen LogP contribution in [0.25, 0.3) is 6.08 Å². The van der Waals surface area contributed by atoms with E-state index in [9.17, 15) is 4.79 Å². The third kappa shape index (κ3) is 5.88. The van der Waals surface area contributed by atoms with Gasteiger partial charge in [0.1, 0.15) is 10.1 Å². The fourth-order valence-corrected chi connectivity index (χ4v) is 3.88. The lowest BCUT2D eigenvalue weighted by Crippen LogP contribution is -2.17. The molecule has 2 aromatic rings. The molecule has 1 atom stereocenters. The van der Waals surface area contributed by atoms with E-state index in [0.717, 1.165) is 11.3 Å².